The minimum atomic E-state index is 0.537. The van der Waals surface area contributed by atoms with Gasteiger partial charge in [0.1, 0.15) is 11.5 Å². The van der Waals surface area contributed by atoms with Crippen molar-refractivity contribution in [2.24, 2.45) is 5.92 Å². The second kappa shape index (κ2) is 6.66. The number of rotatable bonds is 3. The number of benzene rings is 2. The van der Waals surface area contributed by atoms with Crippen molar-refractivity contribution in [2.45, 2.75) is 56.3 Å². The molecule has 116 valence electrons. The third-order valence-electron chi connectivity index (χ3n) is 5.56. The van der Waals surface area contributed by atoms with Crippen LogP contribution in [0.1, 0.15) is 50.5 Å². The van der Waals surface area contributed by atoms with Gasteiger partial charge >= 0.3 is 0 Å². The standard InChI is InChI=1S/C21H27S/c1-2-8-17(9-3-1)16-20-19-11-5-4-10-18(19)12-13-21(20)22-14-6-7-15-22/h4-5,10-13,17H,1-3,6-9,14-16H2/q+1. The molecule has 0 N–H and O–H groups in total. The van der Waals surface area contributed by atoms with Gasteiger partial charge in [0.2, 0.25) is 0 Å². The molecule has 1 heteroatoms. The van der Waals surface area contributed by atoms with Crippen LogP contribution < -0.4 is 0 Å². The van der Waals surface area contributed by atoms with Crippen LogP contribution in [0.5, 0.6) is 0 Å². The molecule has 0 unspecified atom stereocenters. The monoisotopic (exact) mass is 311 g/mol. The highest BCUT2D eigenvalue weighted by Gasteiger charge is 2.31. The summed E-state index contributed by atoms with van der Waals surface area (Å²) in [6, 6.07) is 13.9. The highest BCUT2D eigenvalue weighted by atomic mass is 32.2. The van der Waals surface area contributed by atoms with Gasteiger partial charge in [0.25, 0.3) is 0 Å². The Kier molecular flexibility index (Phi) is 4.43. The quantitative estimate of drug-likeness (QED) is 0.635. The van der Waals surface area contributed by atoms with E-state index in [9.17, 15) is 0 Å². The van der Waals surface area contributed by atoms with Crippen molar-refractivity contribution in [1.29, 1.82) is 0 Å². The fraction of sp³-hybridized carbons (Fsp3) is 0.524. The predicted octanol–water partition coefficient (Wildman–Crippen LogP) is 5.73. The Morgan fingerprint density at radius 3 is 2.41 bits per heavy atom. The summed E-state index contributed by atoms with van der Waals surface area (Å²) in [6.07, 6.45) is 11.5. The summed E-state index contributed by atoms with van der Waals surface area (Å²) in [7, 11) is 0.537. The van der Waals surface area contributed by atoms with E-state index in [1.807, 2.05) is 0 Å². The maximum atomic E-state index is 2.48. The zero-order valence-corrected chi connectivity index (χ0v) is 14.3. The molecule has 0 amide bonds. The third kappa shape index (κ3) is 2.93. The molecule has 1 aliphatic carbocycles. The first kappa shape index (κ1) is 14.6. The average Bonchev–Trinajstić information content (AvgIpc) is 3.10. The van der Waals surface area contributed by atoms with Gasteiger partial charge in [-0.3, -0.25) is 0 Å². The highest BCUT2D eigenvalue weighted by Crippen LogP contribution is 2.35. The lowest BCUT2D eigenvalue weighted by atomic mass is 9.84. The lowest BCUT2D eigenvalue weighted by molar-refractivity contribution is 0.356. The molecule has 1 aliphatic heterocycles. The molecule has 0 spiro atoms. The van der Waals surface area contributed by atoms with Crippen molar-refractivity contribution in [3.05, 3.63) is 42.0 Å². The van der Waals surface area contributed by atoms with Gasteiger partial charge in [-0.1, -0.05) is 56.4 Å². The molecule has 1 saturated heterocycles. The first-order chi connectivity index (χ1) is 10.9. The molecule has 2 aliphatic rings. The summed E-state index contributed by atoms with van der Waals surface area (Å²) in [5.41, 5.74) is 1.72. The molecule has 2 fully saturated rings. The molecule has 2 aromatic rings. The minimum Gasteiger partial charge on any atom is -0.0616 e. The van der Waals surface area contributed by atoms with Crippen LogP contribution in [-0.4, -0.2) is 11.5 Å². The summed E-state index contributed by atoms with van der Waals surface area (Å²) in [6.45, 7) is 0. The lowest BCUT2D eigenvalue weighted by Gasteiger charge is -2.23. The van der Waals surface area contributed by atoms with Crippen LogP contribution in [0.4, 0.5) is 0 Å². The number of hydrogen-bond acceptors (Lipinski definition) is 0. The molecule has 0 atom stereocenters. The van der Waals surface area contributed by atoms with Gasteiger partial charge < -0.3 is 0 Å². The van der Waals surface area contributed by atoms with Gasteiger partial charge in [-0.15, -0.1) is 0 Å². The zero-order chi connectivity index (χ0) is 14.8. The average molecular weight is 312 g/mol. The Labute approximate surface area is 137 Å². The fourth-order valence-corrected chi connectivity index (χ4v) is 6.90. The molecule has 4 rings (SSSR count). The van der Waals surface area contributed by atoms with E-state index in [0.29, 0.717) is 10.9 Å². The van der Waals surface area contributed by atoms with E-state index in [0.717, 1.165) is 5.92 Å². The van der Waals surface area contributed by atoms with Gasteiger partial charge in [-0.2, -0.15) is 0 Å². The Hall–Kier alpha value is -0.950. The van der Waals surface area contributed by atoms with E-state index in [1.165, 1.54) is 68.3 Å². The second-order valence-corrected chi connectivity index (χ2v) is 9.32. The molecule has 22 heavy (non-hydrogen) atoms. The largest absolute Gasteiger partial charge is 0.158 e. The van der Waals surface area contributed by atoms with Gasteiger partial charge in [-0.05, 0) is 48.1 Å². The molecular formula is C21H27S+. The van der Waals surface area contributed by atoms with Crippen LogP contribution in [0.15, 0.2) is 41.3 Å². The Balaban J connectivity index is 1.74. The summed E-state index contributed by atoms with van der Waals surface area (Å²) < 4.78 is 0. The highest BCUT2D eigenvalue weighted by molar-refractivity contribution is 7.97. The maximum Gasteiger partial charge on any atom is 0.158 e. The van der Waals surface area contributed by atoms with E-state index in [-0.39, 0.29) is 0 Å². The molecule has 0 nitrogen and oxygen atoms in total. The molecule has 0 bridgehead atoms. The van der Waals surface area contributed by atoms with E-state index < -0.39 is 0 Å². The van der Waals surface area contributed by atoms with Crippen LogP contribution in [0.3, 0.4) is 0 Å². The van der Waals surface area contributed by atoms with Crippen molar-refractivity contribution >= 4 is 21.7 Å². The van der Waals surface area contributed by atoms with Crippen LogP contribution in [0, 0.1) is 5.92 Å². The molecule has 0 aromatic heterocycles. The summed E-state index contributed by atoms with van der Waals surface area (Å²) in [5.74, 6) is 3.82. The van der Waals surface area contributed by atoms with Gasteiger partial charge in [0.15, 0.2) is 4.90 Å². The van der Waals surface area contributed by atoms with Crippen LogP contribution in [-0.2, 0) is 17.3 Å². The second-order valence-electron chi connectivity index (χ2n) is 7.08. The van der Waals surface area contributed by atoms with E-state index in [1.54, 1.807) is 15.8 Å². The first-order valence-electron chi connectivity index (χ1n) is 9.10. The topological polar surface area (TPSA) is 0 Å². The van der Waals surface area contributed by atoms with Gasteiger partial charge in [-0.25, -0.2) is 0 Å². The van der Waals surface area contributed by atoms with Crippen molar-refractivity contribution in [3.8, 4) is 0 Å². The number of fused-ring (bicyclic) bond motifs is 1. The molecule has 2 aromatic carbocycles. The maximum absolute atomic E-state index is 2.48. The van der Waals surface area contributed by atoms with E-state index in [2.05, 4.69) is 36.4 Å². The van der Waals surface area contributed by atoms with Crippen molar-refractivity contribution in [1.82, 2.24) is 0 Å². The normalized spacial score (nSPS) is 20.7. The summed E-state index contributed by atoms with van der Waals surface area (Å²) in [4.78, 5) is 1.72. The lowest BCUT2D eigenvalue weighted by Crippen LogP contribution is -2.14. The van der Waals surface area contributed by atoms with E-state index >= 15 is 0 Å². The minimum absolute atomic E-state index is 0.537. The van der Waals surface area contributed by atoms with Gasteiger partial charge in [0.05, 0.1) is 0 Å². The SMILES string of the molecule is c1ccc2c(CC3CCCCC3)c([S+]3CCCC3)ccc2c1. The van der Waals surface area contributed by atoms with Crippen molar-refractivity contribution in [2.75, 3.05) is 11.5 Å². The zero-order valence-electron chi connectivity index (χ0n) is 13.5. The first-order valence-corrected chi connectivity index (χ1v) is 10.7. The Morgan fingerprint density at radius 1 is 0.818 bits per heavy atom. The van der Waals surface area contributed by atoms with Crippen molar-refractivity contribution in [3.63, 3.8) is 0 Å². The fourth-order valence-electron chi connectivity index (χ4n) is 4.35. The van der Waals surface area contributed by atoms with Crippen LogP contribution in [0.2, 0.25) is 0 Å². The van der Waals surface area contributed by atoms with Crippen LogP contribution >= 0.6 is 0 Å². The third-order valence-corrected chi connectivity index (χ3v) is 8.13. The van der Waals surface area contributed by atoms with Gasteiger partial charge in [0, 0.05) is 16.5 Å². The summed E-state index contributed by atoms with van der Waals surface area (Å²) in [5, 5.41) is 2.99. The van der Waals surface area contributed by atoms with Crippen molar-refractivity contribution < 1.29 is 0 Å². The molecule has 1 heterocycles. The van der Waals surface area contributed by atoms with E-state index in [4.69, 9.17) is 0 Å². The molecule has 0 radical (unpaired) electrons. The smallest absolute Gasteiger partial charge is 0.0616 e. The Bertz CT molecular complexity index is 633. The van der Waals surface area contributed by atoms with Crippen LogP contribution in [0.25, 0.3) is 10.8 Å². The molecule has 1 saturated carbocycles. The predicted molar refractivity (Wildman–Crippen MR) is 98.8 cm³/mol. The summed E-state index contributed by atoms with van der Waals surface area (Å²) >= 11 is 0. The molecular weight excluding hydrogens is 284 g/mol. The Morgan fingerprint density at radius 2 is 1.59 bits per heavy atom. The number of hydrogen-bond donors (Lipinski definition) is 0.